The standard InChI is InChI=1S/C21H35N5O/c1-4-22-21(23-15-18-7-5-6-8-19(18)16-24(2)3)26-10-9-20(17-26)25-11-13-27-14-12-25/h5-8,20H,4,9-17H2,1-3H3,(H,22,23). The van der Waals surface area contributed by atoms with Crippen molar-refractivity contribution in [1.82, 2.24) is 20.0 Å². The maximum atomic E-state index is 5.50. The molecule has 150 valence electrons. The van der Waals surface area contributed by atoms with Crippen LogP contribution in [0.1, 0.15) is 24.5 Å². The predicted octanol–water partition coefficient (Wildman–Crippen LogP) is 1.62. The summed E-state index contributed by atoms with van der Waals surface area (Å²) in [7, 11) is 4.22. The van der Waals surface area contributed by atoms with Gasteiger partial charge < -0.3 is 19.9 Å². The van der Waals surface area contributed by atoms with Crippen LogP contribution in [0.25, 0.3) is 0 Å². The van der Waals surface area contributed by atoms with Crippen LogP contribution in [0.4, 0.5) is 0 Å². The van der Waals surface area contributed by atoms with E-state index in [9.17, 15) is 0 Å². The first-order valence-corrected chi connectivity index (χ1v) is 10.2. The maximum Gasteiger partial charge on any atom is 0.194 e. The van der Waals surface area contributed by atoms with Crippen LogP contribution in [0, 0.1) is 0 Å². The highest BCUT2D eigenvalue weighted by atomic mass is 16.5. The zero-order valence-corrected chi connectivity index (χ0v) is 17.2. The number of likely N-dealkylation sites (tertiary alicyclic amines) is 1. The molecule has 2 aliphatic heterocycles. The van der Waals surface area contributed by atoms with Crippen molar-refractivity contribution < 1.29 is 4.74 Å². The van der Waals surface area contributed by atoms with Crippen molar-refractivity contribution in [2.45, 2.75) is 32.5 Å². The second-order valence-corrected chi connectivity index (χ2v) is 7.71. The molecular formula is C21H35N5O. The molecule has 6 heteroatoms. The van der Waals surface area contributed by atoms with Gasteiger partial charge in [0, 0.05) is 45.3 Å². The zero-order chi connectivity index (χ0) is 19.1. The summed E-state index contributed by atoms with van der Waals surface area (Å²) < 4.78 is 5.50. The second kappa shape index (κ2) is 10.1. The van der Waals surface area contributed by atoms with Gasteiger partial charge in [0.15, 0.2) is 5.96 Å². The second-order valence-electron chi connectivity index (χ2n) is 7.71. The van der Waals surface area contributed by atoms with E-state index in [2.05, 4.69) is 65.3 Å². The van der Waals surface area contributed by atoms with Gasteiger partial charge in [0.1, 0.15) is 0 Å². The largest absolute Gasteiger partial charge is 0.379 e. The molecule has 1 aromatic carbocycles. The Morgan fingerprint density at radius 2 is 1.93 bits per heavy atom. The van der Waals surface area contributed by atoms with Gasteiger partial charge in [-0.25, -0.2) is 4.99 Å². The third kappa shape index (κ3) is 5.67. The summed E-state index contributed by atoms with van der Waals surface area (Å²) in [4.78, 5) is 12.2. The monoisotopic (exact) mass is 373 g/mol. The van der Waals surface area contributed by atoms with Crippen molar-refractivity contribution in [3.63, 3.8) is 0 Å². The van der Waals surface area contributed by atoms with Crippen LogP contribution < -0.4 is 5.32 Å². The molecule has 3 rings (SSSR count). The van der Waals surface area contributed by atoms with Crippen LogP contribution in [-0.2, 0) is 17.8 Å². The molecule has 27 heavy (non-hydrogen) atoms. The number of rotatable bonds is 6. The molecule has 6 nitrogen and oxygen atoms in total. The SMILES string of the molecule is CCNC(=NCc1ccccc1CN(C)C)N1CCC(N2CCOCC2)C1. The summed E-state index contributed by atoms with van der Waals surface area (Å²) in [6, 6.07) is 9.26. The smallest absolute Gasteiger partial charge is 0.194 e. The predicted molar refractivity (Wildman–Crippen MR) is 111 cm³/mol. The molecule has 1 atom stereocenters. The van der Waals surface area contributed by atoms with Gasteiger partial charge in [0.05, 0.1) is 19.8 Å². The molecule has 0 radical (unpaired) electrons. The van der Waals surface area contributed by atoms with E-state index in [1.54, 1.807) is 0 Å². The van der Waals surface area contributed by atoms with Crippen molar-refractivity contribution >= 4 is 5.96 Å². The Kier molecular flexibility index (Phi) is 7.50. The molecule has 1 aromatic rings. The molecular weight excluding hydrogens is 338 g/mol. The highest BCUT2D eigenvalue weighted by Gasteiger charge is 2.30. The molecule has 1 N–H and O–H groups in total. The molecule has 2 fully saturated rings. The van der Waals surface area contributed by atoms with Gasteiger partial charge in [0.25, 0.3) is 0 Å². The summed E-state index contributed by atoms with van der Waals surface area (Å²) >= 11 is 0. The number of morpholine rings is 1. The van der Waals surface area contributed by atoms with Crippen LogP contribution in [0.3, 0.4) is 0 Å². The van der Waals surface area contributed by atoms with Gasteiger partial charge in [0.2, 0.25) is 0 Å². The molecule has 0 amide bonds. The minimum absolute atomic E-state index is 0.624. The summed E-state index contributed by atoms with van der Waals surface area (Å²) in [5.74, 6) is 1.05. The molecule has 0 saturated carbocycles. The van der Waals surface area contributed by atoms with Crippen LogP contribution in [-0.4, -0.2) is 86.7 Å². The van der Waals surface area contributed by atoms with E-state index < -0.39 is 0 Å². The Bertz CT molecular complexity index is 612. The van der Waals surface area contributed by atoms with Crippen LogP contribution in [0.15, 0.2) is 29.3 Å². The van der Waals surface area contributed by atoms with Crippen molar-refractivity contribution in [2.75, 3.05) is 60.0 Å². The van der Waals surface area contributed by atoms with Gasteiger partial charge >= 0.3 is 0 Å². The Morgan fingerprint density at radius 3 is 2.63 bits per heavy atom. The van der Waals surface area contributed by atoms with Gasteiger partial charge in [-0.2, -0.15) is 0 Å². The fraction of sp³-hybridized carbons (Fsp3) is 0.667. The van der Waals surface area contributed by atoms with Crippen molar-refractivity contribution in [3.05, 3.63) is 35.4 Å². The normalized spacial score (nSPS) is 21.9. The zero-order valence-electron chi connectivity index (χ0n) is 17.2. The van der Waals surface area contributed by atoms with Crippen molar-refractivity contribution in [1.29, 1.82) is 0 Å². The summed E-state index contributed by atoms with van der Waals surface area (Å²) in [6.07, 6.45) is 1.21. The third-order valence-electron chi connectivity index (χ3n) is 5.36. The fourth-order valence-electron chi connectivity index (χ4n) is 3.97. The van der Waals surface area contributed by atoms with E-state index in [-0.39, 0.29) is 0 Å². The molecule has 2 aliphatic rings. The Balaban J connectivity index is 1.65. The van der Waals surface area contributed by atoms with Crippen LogP contribution in [0.2, 0.25) is 0 Å². The molecule has 0 spiro atoms. The van der Waals surface area contributed by atoms with Gasteiger partial charge in [-0.3, -0.25) is 4.90 Å². The Hall–Kier alpha value is -1.63. The number of hydrogen-bond donors (Lipinski definition) is 1. The summed E-state index contributed by atoms with van der Waals surface area (Å²) in [5.41, 5.74) is 2.67. The number of hydrogen-bond acceptors (Lipinski definition) is 4. The van der Waals surface area contributed by atoms with E-state index in [1.807, 2.05) is 0 Å². The number of aliphatic imine (C=N–C) groups is 1. The Morgan fingerprint density at radius 1 is 1.19 bits per heavy atom. The first-order chi connectivity index (χ1) is 13.2. The summed E-state index contributed by atoms with van der Waals surface area (Å²) in [6.45, 7) is 10.7. The molecule has 0 bridgehead atoms. The Labute approximate surface area is 164 Å². The topological polar surface area (TPSA) is 43.3 Å². The van der Waals surface area contributed by atoms with E-state index in [4.69, 9.17) is 9.73 Å². The van der Waals surface area contributed by atoms with E-state index in [0.717, 1.165) is 65.0 Å². The average Bonchev–Trinajstić information content (AvgIpc) is 3.16. The van der Waals surface area contributed by atoms with E-state index in [0.29, 0.717) is 6.04 Å². The highest BCUT2D eigenvalue weighted by molar-refractivity contribution is 5.80. The molecule has 1 unspecified atom stereocenters. The summed E-state index contributed by atoms with van der Waals surface area (Å²) in [5, 5.41) is 3.50. The minimum Gasteiger partial charge on any atom is -0.379 e. The van der Waals surface area contributed by atoms with Gasteiger partial charge in [-0.1, -0.05) is 24.3 Å². The first-order valence-electron chi connectivity index (χ1n) is 10.2. The lowest BCUT2D eigenvalue weighted by molar-refractivity contribution is 0.0195. The van der Waals surface area contributed by atoms with Gasteiger partial charge in [-0.15, -0.1) is 0 Å². The molecule has 2 heterocycles. The number of benzene rings is 1. The highest BCUT2D eigenvalue weighted by Crippen LogP contribution is 2.18. The fourth-order valence-corrected chi connectivity index (χ4v) is 3.97. The first kappa shape index (κ1) is 20.1. The van der Waals surface area contributed by atoms with Crippen LogP contribution in [0.5, 0.6) is 0 Å². The number of guanidine groups is 1. The maximum absolute atomic E-state index is 5.50. The molecule has 0 aromatic heterocycles. The molecule has 2 saturated heterocycles. The lowest BCUT2D eigenvalue weighted by Gasteiger charge is -2.32. The van der Waals surface area contributed by atoms with Gasteiger partial charge in [-0.05, 0) is 38.6 Å². The lowest BCUT2D eigenvalue weighted by Crippen LogP contribution is -2.46. The number of nitrogens with zero attached hydrogens (tertiary/aromatic N) is 4. The molecule has 0 aliphatic carbocycles. The van der Waals surface area contributed by atoms with Crippen molar-refractivity contribution in [2.24, 2.45) is 4.99 Å². The van der Waals surface area contributed by atoms with E-state index >= 15 is 0 Å². The number of ether oxygens (including phenoxy) is 1. The average molecular weight is 374 g/mol. The third-order valence-corrected chi connectivity index (χ3v) is 5.36. The van der Waals surface area contributed by atoms with E-state index in [1.165, 1.54) is 17.5 Å². The van der Waals surface area contributed by atoms with Crippen molar-refractivity contribution in [3.8, 4) is 0 Å². The quantitative estimate of drug-likeness (QED) is 0.606. The van der Waals surface area contributed by atoms with Crippen LogP contribution >= 0.6 is 0 Å². The number of nitrogens with one attached hydrogen (secondary N) is 1. The minimum atomic E-state index is 0.624. The lowest BCUT2D eigenvalue weighted by atomic mass is 10.1.